The van der Waals surface area contributed by atoms with Crippen molar-refractivity contribution < 1.29 is 43.3 Å². The van der Waals surface area contributed by atoms with Crippen LogP contribution in [0, 0.1) is 10.1 Å². The molecule has 0 atom stereocenters. The average molecular weight is 435 g/mol. The van der Waals surface area contributed by atoms with Crippen molar-refractivity contribution in [1.82, 2.24) is 10.2 Å². The average Bonchev–Trinajstić information content (AvgIpc) is 2.64. The number of ether oxygens (including phenoxy) is 4. The van der Waals surface area contributed by atoms with Crippen molar-refractivity contribution in [2.75, 3.05) is 46.1 Å². The van der Waals surface area contributed by atoms with Gasteiger partial charge in [0.05, 0.1) is 13.2 Å². The van der Waals surface area contributed by atoms with Gasteiger partial charge in [0.15, 0.2) is 6.61 Å². The SMILES string of the molecule is CC(C)(C)OC(=O)NC1CCN(C(=O)COC(=O)OCCOCCO[N+](=O)[O-])CC1. The third-order valence-corrected chi connectivity index (χ3v) is 3.75. The van der Waals surface area contributed by atoms with Gasteiger partial charge in [-0.3, -0.25) is 4.79 Å². The molecule has 1 heterocycles. The standard InChI is InChI=1S/C17H29N3O10/c1-17(2,3)30-15(22)18-13-4-6-19(7-5-13)14(21)12-28-16(23)27-10-8-26-9-11-29-20(24)25/h13H,4-12H2,1-3H3,(H,18,22). The number of nitrogens with zero attached hydrogens (tertiary/aromatic N) is 2. The number of rotatable bonds is 10. The van der Waals surface area contributed by atoms with Crippen LogP contribution in [0.15, 0.2) is 0 Å². The molecule has 0 aromatic rings. The molecule has 0 aromatic carbocycles. The van der Waals surface area contributed by atoms with E-state index in [2.05, 4.69) is 10.2 Å². The number of alkyl carbamates (subject to hydrolysis) is 1. The normalized spacial score (nSPS) is 14.6. The first-order chi connectivity index (χ1) is 14.1. The molecule has 13 heteroatoms. The van der Waals surface area contributed by atoms with Crippen molar-refractivity contribution in [3.63, 3.8) is 0 Å². The molecular weight excluding hydrogens is 406 g/mol. The fourth-order valence-electron chi connectivity index (χ4n) is 2.46. The summed E-state index contributed by atoms with van der Waals surface area (Å²) < 4.78 is 19.6. The molecule has 1 aliphatic rings. The third-order valence-electron chi connectivity index (χ3n) is 3.75. The summed E-state index contributed by atoms with van der Waals surface area (Å²) >= 11 is 0. The first kappa shape index (κ1) is 25.2. The highest BCUT2D eigenvalue weighted by Crippen LogP contribution is 2.13. The Bertz CT molecular complexity index is 585. The molecule has 0 aromatic heterocycles. The van der Waals surface area contributed by atoms with Gasteiger partial charge in [-0.15, -0.1) is 10.1 Å². The number of amides is 2. The molecule has 1 fully saturated rings. The topological polar surface area (TPSA) is 156 Å². The van der Waals surface area contributed by atoms with E-state index in [9.17, 15) is 24.5 Å². The first-order valence-electron chi connectivity index (χ1n) is 9.48. The van der Waals surface area contributed by atoms with E-state index in [1.54, 1.807) is 25.7 Å². The quantitative estimate of drug-likeness (QED) is 0.226. The summed E-state index contributed by atoms with van der Waals surface area (Å²) in [6.07, 6.45) is -0.387. The van der Waals surface area contributed by atoms with Gasteiger partial charge in [0.25, 0.3) is 11.0 Å². The summed E-state index contributed by atoms with van der Waals surface area (Å²) in [6.45, 7) is 5.32. The lowest BCUT2D eigenvalue weighted by molar-refractivity contribution is -0.758. The molecule has 1 N–H and O–H groups in total. The van der Waals surface area contributed by atoms with Crippen molar-refractivity contribution >= 4 is 18.2 Å². The molecule has 0 bridgehead atoms. The largest absolute Gasteiger partial charge is 0.508 e. The summed E-state index contributed by atoms with van der Waals surface area (Å²) in [4.78, 5) is 50.8. The highest BCUT2D eigenvalue weighted by atomic mass is 17.0. The van der Waals surface area contributed by atoms with Gasteiger partial charge < -0.3 is 34.0 Å². The van der Waals surface area contributed by atoms with E-state index in [0.29, 0.717) is 25.9 Å². The Morgan fingerprint density at radius 1 is 1.07 bits per heavy atom. The Morgan fingerprint density at radius 3 is 2.30 bits per heavy atom. The van der Waals surface area contributed by atoms with Crippen LogP contribution in [0.1, 0.15) is 33.6 Å². The second-order valence-corrected chi connectivity index (χ2v) is 7.36. The van der Waals surface area contributed by atoms with Crippen LogP contribution in [0.4, 0.5) is 9.59 Å². The number of carbonyl (C=O) groups excluding carboxylic acids is 3. The van der Waals surface area contributed by atoms with Crippen molar-refractivity contribution in [2.45, 2.75) is 45.3 Å². The lowest BCUT2D eigenvalue weighted by Crippen LogP contribution is -2.48. The Morgan fingerprint density at radius 2 is 1.70 bits per heavy atom. The van der Waals surface area contributed by atoms with E-state index in [1.807, 2.05) is 0 Å². The second-order valence-electron chi connectivity index (χ2n) is 7.36. The Kier molecular flexibility index (Phi) is 10.6. The van der Waals surface area contributed by atoms with Gasteiger partial charge in [0.2, 0.25) is 0 Å². The smallest absolute Gasteiger partial charge is 0.444 e. The second kappa shape index (κ2) is 12.7. The zero-order chi connectivity index (χ0) is 22.6. The number of hydrogen-bond acceptors (Lipinski definition) is 10. The van der Waals surface area contributed by atoms with Crippen LogP contribution in [-0.4, -0.2) is 85.9 Å². The van der Waals surface area contributed by atoms with Gasteiger partial charge in [0.1, 0.15) is 18.8 Å². The minimum absolute atomic E-state index is 0.00226. The van der Waals surface area contributed by atoms with E-state index in [4.69, 9.17) is 18.9 Å². The molecule has 1 aliphatic heterocycles. The van der Waals surface area contributed by atoms with Crippen molar-refractivity contribution in [1.29, 1.82) is 0 Å². The van der Waals surface area contributed by atoms with E-state index in [-0.39, 0.29) is 38.4 Å². The van der Waals surface area contributed by atoms with Gasteiger partial charge in [0, 0.05) is 19.1 Å². The van der Waals surface area contributed by atoms with Crippen LogP contribution in [0.25, 0.3) is 0 Å². The monoisotopic (exact) mass is 435 g/mol. The predicted octanol–water partition coefficient (Wildman–Crippen LogP) is 0.880. The van der Waals surface area contributed by atoms with E-state index in [1.165, 1.54) is 0 Å². The van der Waals surface area contributed by atoms with Crippen LogP contribution < -0.4 is 5.32 Å². The maximum atomic E-state index is 12.1. The molecule has 0 spiro atoms. The number of nitrogens with one attached hydrogen (secondary N) is 1. The number of likely N-dealkylation sites (tertiary alicyclic amines) is 1. The molecule has 0 aliphatic carbocycles. The molecule has 1 rings (SSSR count). The lowest BCUT2D eigenvalue weighted by Gasteiger charge is -2.32. The van der Waals surface area contributed by atoms with Crippen molar-refractivity contribution in [3.8, 4) is 0 Å². The lowest BCUT2D eigenvalue weighted by atomic mass is 10.1. The molecule has 0 radical (unpaired) electrons. The van der Waals surface area contributed by atoms with Crippen LogP contribution in [0.2, 0.25) is 0 Å². The van der Waals surface area contributed by atoms with E-state index < -0.39 is 29.5 Å². The molecule has 0 saturated carbocycles. The molecule has 2 amide bonds. The summed E-state index contributed by atoms with van der Waals surface area (Å²) in [6, 6.07) is -0.0921. The fraction of sp³-hybridized carbons (Fsp3) is 0.824. The van der Waals surface area contributed by atoms with E-state index >= 15 is 0 Å². The summed E-state index contributed by atoms with van der Waals surface area (Å²) in [7, 11) is 0. The zero-order valence-electron chi connectivity index (χ0n) is 17.4. The third kappa shape index (κ3) is 11.9. The van der Waals surface area contributed by atoms with Crippen LogP contribution >= 0.6 is 0 Å². The Hall–Kier alpha value is -2.83. The number of hydrogen-bond donors (Lipinski definition) is 1. The molecule has 30 heavy (non-hydrogen) atoms. The van der Waals surface area contributed by atoms with Gasteiger partial charge >= 0.3 is 12.2 Å². The van der Waals surface area contributed by atoms with Crippen LogP contribution in [0.3, 0.4) is 0 Å². The fourth-order valence-corrected chi connectivity index (χ4v) is 2.46. The van der Waals surface area contributed by atoms with Gasteiger partial charge in [-0.1, -0.05) is 0 Å². The van der Waals surface area contributed by atoms with Crippen molar-refractivity contribution in [3.05, 3.63) is 10.1 Å². The van der Waals surface area contributed by atoms with Crippen LogP contribution in [0.5, 0.6) is 0 Å². The highest BCUT2D eigenvalue weighted by Gasteiger charge is 2.26. The molecule has 0 unspecified atom stereocenters. The van der Waals surface area contributed by atoms with E-state index in [0.717, 1.165) is 0 Å². The summed E-state index contributed by atoms with van der Waals surface area (Å²) in [5.74, 6) is -0.365. The van der Waals surface area contributed by atoms with Crippen molar-refractivity contribution in [2.24, 2.45) is 0 Å². The number of carbonyl (C=O) groups is 3. The zero-order valence-corrected chi connectivity index (χ0v) is 17.4. The summed E-state index contributed by atoms with van der Waals surface area (Å²) in [5.41, 5.74) is -0.579. The summed E-state index contributed by atoms with van der Waals surface area (Å²) in [5, 5.41) is 11.7. The van der Waals surface area contributed by atoms with Gasteiger partial charge in [-0.05, 0) is 33.6 Å². The maximum absolute atomic E-state index is 12.1. The highest BCUT2D eigenvalue weighted by molar-refractivity contribution is 5.79. The molecule has 172 valence electrons. The number of piperidine rings is 1. The minimum Gasteiger partial charge on any atom is -0.444 e. The maximum Gasteiger partial charge on any atom is 0.508 e. The van der Waals surface area contributed by atoms with Crippen LogP contribution in [-0.2, 0) is 28.6 Å². The molecular formula is C17H29N3O10. The van der Waals surface area contributed by atoms with Gasteiger partial charge in [-0.25, -0.2) is 9.59 Å². The minimum atomic E-state index is -1.02. The first-order valence-corrected chi connectivity index (χ1v) is 9.48. The Balaban J connectivity index is 2.12. The van der Waals surface area contributed by atoms with Gasteiger partial charge in [-0.2, -0.15) is 0 Å². The predicted molar refractivity (Wildman–Crippen MR) is 100 cm³/mol. The Labute approximate surface area is 174 Å². The molecule has 1 saturated heterocycles. The molecule has 13 nitrogen and oxygen atoms in total.